The number of hydrogen-bond acceptors (Lipinski definition) is 9. The highest BCUT2D eigenvalue weighted by Gasteiger charge is 2.21. The number of carbonyl (C=O) groups excluding carboxylic acids is 1. The number of benzene rings is 1. The Bertz CT molecular complexity index is 963. The molecule has 2 aliphatic heterocycles. The summed E-state index contributed by atoms with van der Waals surface area (Å²) in [6, 6.07) is 9.36. The van der Waals surface area contributed by atoms with Gasteiger partial charge in [-0.2, -0.15) is 0 Å². The number of para-hydroxylation sites is 2. The lowest BCUT2D eigenvalue weighted by Crippen LogP contribution is -2.49. The molecule has 10 heteroatoms. The zero-order chi connectivity index (χ0) is 23.0. The molecule has 10 nitrogen and oxygen atoms in total. The number of carbonyl (C=O) groups is 1. The van der Waals surface area contributed by atoms with Gasteiger partial charge in [-0.3, -0.25) is 9.69 Å². The number of ether oxygens (including phenoxy) is 2. The van der Waals surface area contributed by atoms with Gasteiger partial charge in [0.25, 0.3) is 0 Å². The van der Waals surface area contributed by atoms with Crippen LogP contribution in [0.5, 0.6) is 5.75 Å². The highest BCUT2D eigenvalue weighted by atomic mass is 16.5. The third-order valence-electron chi connectivity index (χ3n) is 5.71. The van der Waals surface area contributed by atoms with Gasteiger partial charge < -0.3 is 30.7 Å². The molecule has 0 unspecified atom stereocenters. The van der Waals surface area contributed by atoms with Crippen LogP contribution in [0.4, 0.5) is 11.6 Å². The topological polar surface area (TPSA) is 118 Å². The molecule has 2 aromatic rings. The van der Waals surface area contributed by atoms with Gasteiger partial charge in [-0.1, -0.05) is 12.1 Å². The summed E-state index contributed by atoms with van der Waals surface area (Å²) in [5.41, 5.74) is 8.10. The molecule has 3 heterocycles. The van der Waals surface area contributed by atoms with E-state index in [2.05, 4.69) is 25.5 Å². The van der Waals surface area contributed by atoms with Crippen molar-refractivity contribution in [1.29, 1.82) is 0 Å². The highest BCUT2D eigenvalue weighted by molar-refractivity contribution is 5.76. The fourth-order valence-electron chi connectivity index (χ4n) is 3.79. The van der Waals surface area contributed by atoms with Gasteiger partial charge >= 0.3 is 0 Å². The van der Waals surface area contributed by atoms with Gasteiger partial charge in [0.05, 0.1) is 18.0 Å². The first kappa shape index (κ1) is 22.8. The molecule has 33 heavy (non-hydrogen) atoms. The lowest BCUT2D eigenvalue weighted by molar-refractivity contribution is -0.133. The molecule has 4 N–H and O–H groups in total. The number of methoxy groups -OCH3 is 1. The number of hydrogen-bond donors (Lipinski definition) is 3. The predicted octanol–water partition coefficient (Wildman–Crippen LogP) is 1.55. The van der Waals surface area contributed by atoms with E-state index in [-0.39, 0.29) is 5.91 Å². The molecule has 0 atom stereocenters. The fourth-order valence-corrected chi connectivity index (χ4v) is 3.79. The van der Waals surface area contributed by atoms with Crippen molar-refractivity contribution in [2.24, 2.45) is 5.73 Å². The normalized spacial score (nSPS) is 17.2. The van der Waals surface area contributed by atoms with Crippen LogP contribution in [0.3, 0.4) is 0 Å². The summed E-state index contributed by atoms with van der Waals surface area (Å²) in [4.78, 5) is 25.5. The number of aromatic nitrogens is 2. The molecule has 1 amide bonds. The third kappa shape index (κ3) is 5.91. The Labute approximate surface area is 193 Å². The minimum atomic E-state index is 0.191. The van der Waals surface area contributed by atoms with E-state index >= 15 is 0 Å². The van der Waals surface area contributed by atoms with E-state index in [1.807, 2.05) is 29.2 Å². The minimum absolute atomic E-state index is 0.191. The maximum absolute atomic E-state index is 12.5. The summed E-state index contributed by atoms with van der Waals surface area (Å²) in [6.07, 6.45) is 2.84. The Hall–Kier alpha value is -3.37. The van der Waals surface area contributed by atoms with Gasteiger partial charge in [0.2, 0.25) is 17.7 Å². The standard InChI is InChI=1S/C23H31N7O3/c1-32-16-15-29-11-13-30(14-12-29)20(31)7-4-9-25-23-26-10-8-18(28-23)21(24)22-27-17-5-2-3-6-19(17)33-22/h2-3,5-6,8,10,27H,4,7,9,11-16,24H2,1H3,(H,25,26,28)/b22-21+. The molecule has 2 aliphatic rings. The highest BCUT2D eigenvalue weighted by Crippen LogP contribution is 2.34. The van der Waals surface area contributed by atoms with Crippen LogP contribution in [0.25, 0.3) is 5.70 Å². The van der Waals surface area contributed by atoms with Crippen molar-refractivity contribution in [3.63, 3.8) is 0 Å². The molecule has 0 radical (unpaired) electrons. The second kappa shape index (κ2) is 11.0. The Kier molecular flexibility index (Phi) is 7.59. The molecule has 0 spiro atoms. The van der Waals surface area contributed by atoms with Crippen molar-refractivity contribution in [2.45, 2.75) is 12.8 Å². The van der Waals surface area contributed by atoms with Crippen LogP contribution in [0.15, 0.2) is 42.4 Å². The van der Waals surface area contributed by atoms with Gasteiger partial charge in [-0.05, 0) is 24.6 Å². The van der Waals surface area contributed by atoms with Crippen LogP contribution in [-0.4, -0.2) is 78.7 Å². The number of nitrogens with zero attached hydrogens (tertiary/aromatic N) is 4. The van der Waals surface area contributed by atoms with Crippen molar-refractivity contribution < 1.29 is 14.3 Å². The monoisotopic (exact) mass is 453 g/mol. The number of nitrogens with one attached hydrogen (secondary N) is 2. The summed E-state index contributed by atoms with van der Waals surface area (Å²) in [6.45, 7) is 5.58. The Morgan fingerprint density at radius 2 is 2.06 bits per heavy atom. The van der Waals surface area contributed by atoms with Crippen LogP contribution in [0.2, 0.25) is 0 Å². The first-order valence-corrected chi connectivity index (χ1v) is 11.2. The average molecular weight is 454 g/mol. The van der Waals surface area contributed by atoms with E-state index in [9.17, 15) is 4.79 Å². The molecule has 1 aromatic heterocycles. The van der Waals surface area contributed by atoms with Gasteiger partial charge in [0, 0.05) is 59.0 Å². The number of fused-ring (bicyclic) bond motifs is 1. The molecule has 1 aromatic carbocycles. The lowest BCUT2D eigenvalue weighted by atomic mass is 10.2. The summed E-state index contributed by atoms with van der Waals surface area (Å²) in [7, 11) is 1.71. The second-order valence-corrected chi connectivity index (χ2v) is 7.98. The Morgan fingerprint density at radius 3 is 2.85 bits per heavy atom. The van der Waals surface area contributed by atoms with Crippen LogP contribution in [0, 0.1) is 0 Å². The third-order valence-corrected chi connectivity index (χ3v) is 5.71. The number of amides is 1. The van der Waals surface area contributed by atoms with Crippen molar-refractivity contribution in [1.82, 2.24) is 19.8 Å². The second-order valence-electron chi connectivity index (χ2n) is 7.98. The van der Waals surface area contributed by atoms with Crippen LogP contribution < -0.4 is 21.1 Å². The van der Waals surface area contributed by atoms with E-state index in [4.69, 9.17) is 15.2 Å². The molecule has 1 saturated heterocycles. The first-order chi connectivity index (χ1) is 16.1. The Balaban J connectivity index is 1.22. The Morgan fingerprint density at radius 1 is 1.24 bits per heavy atom. The van der Waals surface area contributed by atoms with Crippen molar-refractivity contribution >= 4 is 23.2 Å². The maximum Gasteiger partial charge on any atom is 0.223 e. The quantitative estimate of drug-likeness (QED) is 0.486. The molecular formula is C23H31N7O3. The summed E-state index contributed by atoms with van der Waals surface area (Å²) >= 11 is 0. The number of piperazine rings is 1. The predicted molar refractivity (Wildman–Crippen MR) is 126 cm³/mol. The zero-order valence-electron chi connectivity index (χ0n) is 18.9. The first-order valence-electron chi connectivity index (χ1n) is 11.2. The van der Waals surface area contributed by atoms with Crippen molar-refractivity contribution in [3.05, 3.63) is 48.1 Å². The molecule has 1 fully saturated rings. The van der Waals surface area contributed by atoms with Gasteiger partial charge in [0.15, 0.2) is 5.75 Å². The maximum atomic E-state index is 12.5. The summed E-state index contributed by atoms with van der Waals surface area (Å²) < 4.78 is 10.9. The lowest BCUT2D eigenvalue weighted by Gasteiger charge is -2.34. The summed E-state index contributed by atoms with van der Waals surface area (Å²) in [5.74, 6) is 1.83. The van der Waals surface area contributed by atoms with E-state index < -0.39 is 0 Å². The van der Waals surface area contributed by atoms with Crippen molar-refractivity contribution in [2.75, 3.05) is 63.6 Å². The molecule has 0 bridgehead atoms. The van der Waals surface area contributed by atoms with E-state index in [0.717, 1.165) is 50.8 Å². The van der Waals surface area contributed by atoms with Crippen molar-refractivity contribution in [3.8, 4) is 5.75 Å². The number of rotatable bonds is 9. The smallest absolute Gasteiger partial charge is 0.223 e. The fraction of sp³-hybridized carbons (Fsp3) is 0.435. The molecule has 0 aliphatic carbocycles. The summed E-state index contributed by atoms with van der Waals surface area (Å²) in [5, 5.41) is 6.34. The SMILES string of the molecule is COCCN1CCN(C(=O)CCCNc2nccc(/C(N)=C3/Nc4ccccc4O3)n2)CC1. The largest absolute Gasteiger partial charge is 0.437 e. The minimum Gasteiger partial charge on any atom is -0.437 e. The number of nitrogens with two attached hydrogens (primary N) is 1. The van der Waals surface area contributed by atoms with E-state index in [1.54, 1.807) is 19.4 Å². The average Bonchev–Trinajstić information content (AvgIpc) is 3.29. The van der Waals surface area contributed by atoms with E-state index in [1.165, 1.54) is 0 Å². The molecular weight excluding hydrogens is 422 g/mol. The number of anilines is 2. The van der Waals surface area contributed by atoms with Gasteiger partial charge in [-0.25, -0.2) is 9.97 Å². The van der Waals surface area contributed by atoms with Gasteiger partial charge in [0.1, 0.15) is 5.70 Å². The van der Waals surface area contributed by atoms with Crippen LogP contribution in [0.1, 0.15) is 18.5 Å². The molecule has 0 saturated carbocycles. The molecule has 4 rings (SSSR count). The van der Waals surface area contributed by atoms with E-state index in [0.29, 0.717) is 42.6 Å². The van der Waals surface area contributed by atoms with Crippen LogP contribution >= 0.6 is 0 Å². The van der Waals surface area contributed by atoms with Gasteiger partial charge in [-0.15, -0.1) is 0 Å². The zero-order valence-corrected chi connectivity index (χ0v) is 18.9. The molecule has 176 valence electrons. The van der Waals surface area contributed by atoms with Crippen LogP contribution in [-0.2, 0) is 9.53 Å².